The number of nitrogens with zero attached hydrogens (tertiary/aromatic N) is 2. The van der Waals surface area contributed by atoms with Gasteiger partial charge < -0.3 is 69.8 Å². The van der Waals surface area contributed by atoms with Crippen molar-refractivity contribution < 1.29 is 48.3 Å². The van der Waals surface area contributed by atoms with E-state index in [0.29, 0.717) is 11.3 Å². The molecule has 0 fully saturated rings. The van der Waals surface area contributed by atoms with Gasteiger partial charge in [0.05, 0.1) is 25.5 Å². The molecule has 16 N–H and O–H groups in total. The molecule has 0 unspecified atom stereocenters. The molecule has 2 aromatic rings. The first-order valence-electron chi connectivity index (χ1n) is 22.1. The fourth-order valence-corrected chi connectivity index (χ4v) is 6.60. The van der Waals surface area contributed by atoms with E-state index in [1.807, 2.05) is 27.7 Å². The smallest absolute Gasteiger partial charge is 0.326 e. The fourth-order valence-electron chi connectivity index (χ4n) is 6.44. The van der Waals surface area contributed by atoms with Crippen molar-refractivity contribution in [3.63, 3.8) is 0 Å². The number of carboxylic acids is 1. The van der Waals surface area contributed by atoms with Gasteiger partial charge in [0.1, 0.15) is 36.3 Å². The number of aromatic nitrogens is 2. The standard InChI is InChI=1S/C43H68N14O10S/c1-23(2)14-30(40(64)56-31(15-24(3)4)41(65)57-33(42(66)67)16-26-10-7-6-8-11-26)55-36(60)25(5)52-39(63)29(12-9-13-48-43(45)46)53-34(58)20-50-38(62)32(17-27-18-47-22-51-27)54-35(59)19-49-37(61)28(44)21-68/h6-8,10-11,18,22-25,28-33,68H,9,12-17,19-21,44H2,1-5H3,(H,47,51)(H,49,61)(H,50,62)(H,52,63)(H,53,58)(H,54,59)(H,55,60)(H,56,64)(H,57,65)(H,66,67)(H4,45,46,48)/t25-,28-,29-,30-,31-,32-,33-/m0/s1. The molecular formula is C43H68N14O10S. The first-order chi connectivity index (χ1) is 32.1. The zero-order chi connectivity index (χ0) is 50.9. The minimum absolute atomic E-state index is 0.00419. The maximum atomic E-state index is 13.8. The van der Waals surface area contributed by atoms with E-state index >= 15 is 0 Å². The van der Waals surface area contributed by atoms with E-state index < -0.39 is 109 Å². The minimum Gasteiger partial charge on any atom is -0.480 e. The van der Waals surface area contributed by atoms with Gasteiger partial charge in [-0.25, -0.2) is 9.78 Å². The van der Waals surface area contributed by atoms with Gasteiger partial charge in [-0.1, -0.05) is 58.0 Å². The van der Waals surface area contributed by atoms with Crippen LogP contribution in [0, 0.1) is 11.8 Å². The number of carbonyl (C=O) groups is 9. The molecule has 1 aromatic heterocycles. The molecule has 0 radical (unpaired) electrons. The molecule has 7 atom stereocenters. The molecule has 0 aliphatic rings. The number of carboxylic acid groups (broad SMARTS) is 1. The second-order valence-electron chi connectivity index (χ2n) is 16.9. The summed E-state index contributed by atoms with van der Waals surface area (Å²) in [7, 11) is 0. The quantitative estimate of drug-likeness (QED) is 0.0159. The maximum absolute atomic E-state index is 13.8. The van der Waals surface area contributed by atoms with Crippen LogP contribution < -0.4 is 59.7 Å². The van der Waals surface area contributed by atoms with Crippen LogP contribution in [0.5, 0.6) is 0 Å². The average Bonchev–Trinajstić information content (AvgIpc) is 3.80. The number of aliphatic imine (C=N–C) groups is 1. The summed E-state index contributed by atoms with van der Waals surface area (Å²) in [6.45, 7) is 7.57. The first kappa shape index (κ1) is 57.4. The van der Waals surface area contributed by atoms with Gasteiger partial charge >= 0.3 is 5.97 Å². The molecule has 0 saturated carbocycles. The molecule has 2 rings (SSSR count). The number of carbonyl (C=O) groups excluding carboxylic acids is 8. The van der Waals surface area contributed by atoms with E-state index in [0.717, 1.165) is 0 Å². The Morgan fingerprint density at radius 2 is 1.21 bits per heavy atom. The number of amides is 8. The van der Waals surface area contributed by atoms with Crippen LogP contribution in [0.3, 0.4) is 0 Å². The normalized spacial score (nSPS) is 14.1. The Kier molecular flexibility index (Phi) is 25.1. The zero-order valence-electron chi connectivity index (χ0n) is 39.0. The Morgan fingerprint density at radius 3 is 1.72 bits per heavy atom. The van der Waals surface area contributed by atoms with E-state index in [2.05, 4.69) is 70.1 Å². The monoisotopic (exact) mass is 972 g/mol. The van der Waals surface area contributed by atoms with E-state index in [1.165, 1.54) is 19.4 Å². The number of H-pyrrole nitrogens is 1. The largest absolute Gasteiger partial charge is 0.480 e. The number of guanidine groups is 1. The average molecular weight is 973 g/mol. The highest BCUT2D eigenvalue weighted by Crippen LogP contribution is 2.11. The summed E-state index contributed by atoms with van der Waals surface area (Å²) in [6, 6.07) is 0.371. The van der Waals surface area contributed by atoms with E-state index in [1.54, 1.807) is 30.3 Å². The summed E-state index contributed by atoms with van der Waals surface area (Å²) in [4.78, 5) is 129. The summed E-state index contributed by atoms with van der Waals surface area (Å²) in [6.07, 6.45) is 3.17. The van der Waals surface area contributed by atoms with E-state index in [4.69, 9.17) is 17.2 Å². The van der Waals surface area contributed by atoms with Crippen molar-refractivity contribution in [2.75, 3.05) is 25.4 Å². The molecule has 376 valence electrons. The van der Waals surface area contributed by atoms with Crippen LogP contribution in [0.15, 0.2) is 47.8 Å². The second-order valence-corrected chi connectivity index (χ2v) is 17.3. The summed E-state index contributed by atoms with van der Waals surface area (Å²) in [5, 5.41) is 30.1. The Bertz CT molecular complexity index is 2020. The van der Waals surface area contributed by atoms with Gasteiger partial charge in [-0.05, 0) is 50.0 Å². The second kappa shape index (κ2) is 29.8. The highest BCUT2D eigenvalue weighted by Gasteiger charge is 2.32. The minimum atomic E-state index is -1.28. The molecule has 68 heavy (non-hydrogen) atoms. The van der Waals surface area contributed by atoms with E-state index in [-0.39, 0.29) is 68.6 Å². The molecule has 0 saturated heterocycles. The third-order valence-electron chi connectivity index (χ3n) is 9.94. The summed E-state index contributed by atoms with van der Waals surface area (Å²) >= 11 is 3.95. The molecule has 24 nitrogen and oxygen atoms in total. The Balaban J connectivity index is 2.16. The molecule has 0 aliphatic heterocycles. The number of thiol groups is 1. The number of aromatic amines is 1. The van der Waals surface area contributed by atoms with Crippen molar-refractivity contribution in [1.82, 2.24) is 52.5 Å². The summed E-state index contributed by atoms with van der Waals surface area (Å²) < 4.78 is 0. The van der Waals surface area contributed by atoms with Gasteiger partial charge in [-0.15, -0.1) is 0 Å². The number of imidazole rings is 1. The lowest BCUT2D eigenvalue weighted by Gasteiger charge is -2.27. The fraction of sp³-hybridized carbons (Fsp3) is 0.558. The number of benzene rings is 1. The van der Waals surface area contributed by atoms with Gasteiger partial charge in [0, 0.05) is 37.0 Å². The van der Waals surface area contributed by atoms with Gasteiger partial charge in [0.25, 0.3) is 0 Å². The van der Waals surface area contributed by atoms with Gasteiger partial charge in [0.15, 0.2) is 5.96 Å². The van der Waals surface area contributed by atoms with Crippen molar-refractivity contribution in [1.29, 1.82) is 0 Å². The van der Waals surface area contributed by atoms with Crippen molar-refractivity contribution in [2.24, 2.45) is 34.0 Å². The first-order valence-corrected chi connectivity index (χ1v) is 22.7. The SMILES string of the molecule is CC(C)C[C@H](NC(=O)[C@H](C)NC(=O)[C@H](CCCN=C(N)N)NC(=O)CNC(=O)[C@H](Cc1cnc[nH]1)NC(=O)CNC(=O)[C@@H](N)CS)C(=O)N[C@@H](CC(C)C)C(=O)N[C@@H](Cc1ccccc1)C(=O)O. The van der Waals surface area contributed by atoms with Crippen molar-refractivity contribution >= 4 is 71.8 Å². The lowest BCUT2D eigenvalue weighted by Crippen LogP contribution is -2.59. The lowest BCUT2D eigenvalue weighted by atomic mass is 9.99. The van der Waals surface area contributed by atoms with Crippen LogP contribution in [0.25, 0.3) is 0 Å². The van der Waals surface area contributed by atoms with Gasteiger partial charge in [-0.2, -0.15) is 12.6 Å². The number of aliphatic carboxylic acids is 1. The van der Waals surface area contributed by atoms with Crippen molar-refractivity contribution in [3.8, 4) is 0 Å². The highest BCUT2D eigenvalue weighted by molar-refractivity contribution is 7.80. The third kappa shape index (κ3) is 22.2. The molecule has 0 aliphatic carbocycles. The molecule has 1 heterocycles. The Hall–Kier alpha value is -6.76. The van der Waals surface area contributed by atoms with Gasteiger partial charge in [-0.3, -0.25) is 43.3 Å². The number of hydrogen-bond donors (Lipinski definition) is 14. The number of nitrogens with one attached hydrogen (secondary N) is 9. The third-order valence-corrected chi connectivity index (χ3v) is 10.3. The highest BCUT2D eigenvalue weighted by atomic mass is 32.1. The van der Waals surface area contributed by atoms with Crippen LogP contribution in [-0.2, 0) is 56.0 Å². The molecule has 8 amide bonds. The van der Waals surface area contributed by atoms with E-state index in [9.17, 15) is 48.3 Å². The number of nitrogens with two attached hydrogens (primary N) is 3. The van der Waals surface area contributed by atoms with Crippen LogP contribution in [-0.4, -0.2) is 142 Å². The van der Waals surface area contributed by atoms with Crippen molar-refractivity contribution in [3.05, 3.63) is 54.1 Å². The van der Waals surface area contributed by atoms with Crippen LogP contribution in [0.2, 0.25) is 0 Å². The Labute approximate surface area is 400 Å². The summed E-state index contributed by atoms with van der Waals surface area (Å²) in [5.74, 6) is -7.63. The molecule has 0 spiro atoms. The van der Waals surface area contributed by atoms with Crippen LogP contribution in [0.4, 0.5) is 0 Å². The van der Waals surface area contributed by atoms with Gasteiger partial charge in [0.2, 0.25) is 47.3 Å². The predicted octanol–water partition coefficient (Wildman–Crippen LogP) is -3.16. The number of rotatable bonds is 30. The molecule has 1 aromatic carbocycles. The lowest BCUT2D eigenvalue weighted by molar-refractivity contribution is -0.142. The van der Waals surface area contributed by atoms with Crippen molar-refractivity contribution in [2.45, 2.75) is 115 Å². The maximum Gasteiger partial charge on any atom is 0.326 e. The summed E-state index contributed by atoms with van der Waals surface area (Å²) in [5.41, 5.74) is 17.6. The molecule has 0 bridgehead atoms. The zero-order valence-corrected chi connectivity index (χ0v) is 39.9. The predicted molar refractivity (Wildman–Crippen MR) is 254 cm³/mol. The molecule has 25 heteroatoms. The number of hydrogen-bond acceptors (Lipinski definition) is 13. The van der Waals surface area contributed by atoms with Crippen LogP contribution in [0.1, 0.15) is 71.6 Å². The Morgan fingerprint density at radius 1 is 0.676 bits per heavy atom. The topological polar surface area (TPSA) is 389 Å². The van der Waals surface area contributed by atoms with Crippen LogP contribution >= 0.6 is 12.6 Å². The molecular weight excluding hydrogens is 905 g/mol.